The Labute approximate surface area is 123 Å². The molecule has 0 unspecified atom stereocenters. The molecule has 1 aromatic rings. The molecule has 114 valence electrons. The molecule has 0 radical (unpaired) electrons. The van der Waals surface area contributed by atoms with Crippen molar-refractivity contribution >= 4 is 5.69 Å². The first kappa shape index (κ1) is 17.0. The number of nitrogens with one attached hydrogen (secondary N) is 1. The zero-order valence-electron chi connectivity index (χ0n) is 13.2. The summed E-state index contributed by atoms with van der Waals surface area (Å²) in [5, 5.41) is 3.31. The summed E-state index contributed by atoms with van der Waals surface area (Å²) in [5.74, 6) is -0.146. The number of unbranched alkanes of at least 4 members (excludes halogenated alkanes) is 2. The van der Waals surface area contributed by atoms with Gasteiger partial charge in [-0.1, -0.05) is 33.6 Å². The highest BCUT2D eigenvalue weighted by Crippen LogP contribution is 2.23. The SMILES string of the molecule is CCCCN(CCCC)c1ccc(F)cc1CNCC. The molecule has 0 aromatic heterocycles. The van der Waals surface area contributed by atoms with Crippen LogP contribution in [0.5, 0.6) is 0 Å². The zero-order valence-corrected chi connectivity index (χ0v) is 13.2. The van der Waals surface area contributed by atoms with E-state index in [1.807, 2.05) is 6.07 Å². The fourth-order valence-corrected chi connectivity index (χ4v) is 2.31. The van der Waals surface area contributed by atoms with E-state index in [-0.39, 0.29) is 5.82 Å². The Morgan fingerprint density at radius 1 is 1.05 bits per heavy atom. The van der Waals surface area contributed by atoms with E-state index in [2.05, 4.69) is 31.0 Å². The number of benzene rings is 1. The second kappa shape index (κ2) is 9.76. The van der Waals surface area contributed by atoms with Crippen LogP contribution in [0.4, 0.5) is 10.1 Å². The molecule has 0 atom stereocenters. The van der Waals surface area contributed by atoms with Crippen molar-refractivity contribution in [3.05, 3.63) is 29.6 Å². The largest absolute Gasteiger partial charge is 0.371 e. The molecule has 20 heavy (non-hydrogen) atoms. The Kier molecular flexibility index (Phi) is 8.28. The summed E-state index contributed by atoms with van der Waals surface area (Å²) in [6.45, 7) is 10.2. The summed E-state index contributed by atoms with van der Waals surface area (Å²) in [4.78, 5) is 2.42. The van der Waals surface area contributed by atoms with Gasteiger partial charge in [0.25, 0.3) is 0 Å². The number of nitrogens with zero attached hydrogens (tertiary/aromatic N) is 1. The van der Waals surface area contributed by atoms with Crippen molar-refractivity contribution in [1.29, 1.82) is 0 Å². The van der Waals surface area contributed by atoms with Gasteiger partial charge in [-0.05, 0) is 43.1 Å². The van der Waals surface area contributed by atoms with Gasteiger partial charge in [0.05, 0.1) is 0 Å². The van der Waals surface area contributed by atoms with E-state index in [0.717, 1.165) is 31.7 Å². The van der Waals surface area contributed by atoms with Crippen LogP contribution in [0.2, 0.25) is 0 Å². The molecule has 0 amide bonds. The first-order chi connectivity index (χ1) is 9.72. The van der Waals surface area contributed by atoms with Crippen LogP contribution in [0.1, 0.15) is 52.0 Å². The van der Waals surface area contributed by atoms with Crippen molar-refractivity contribution in [3.8, 4) is 0 Å². The monoisotopic (exact) mass is 280 g/mol. The van der Waals surface area contributed by atoms with E-state index in [9.17, 15) is 4.39 Å². The van der Waals surface area contributed by atoms with Crippen LogP contribution >= 0.6 is 0 Å². The first-order valence-corrected chi connectivity index (χ1v) is 7.97. The third kappa shape index (κ3) is 5.49. The standard InChI is InChI=1S/C17H29FN2/c1-4-7-11-20(12-8-5-2)17-10-9-16(18)13-15(17)14-19-6-3/h9-10,13,19H,4-8,11-12,14H2,1-3H3. The molecular formula is C17H29FN2. The second-order valence-electron chi connectivity index (χ2n) is 5.25. The van der Waals surface area contributed by atoms with Crippen LogP contribution < -0.4 is 10.2 Å². The Bertz CT molecular complexity index is 371. The van der Waals surface area contributed by atoms with Gasteiger partial charge in [0.1, 0.15) is 5.82 Å². The Morgan fingerprint density at radius 3 is 2.25 bits per heavy atom. The van der Waals surface area contributed by atoms with E-state index < -0.39 is 0 Å². The maximum Gasteiger partial charge on any atom is 0.123 e. The maximum absolute atomic E-state index is 13.5. The van der Waals surface area contributed by atoms with Gasteiger partial charge in [-0.2, -0.15) is 0 Å². The topological polar surface area (TPSA) is 15.3 Å². The predicted octanol–water partition coefficient (Wildman–Crippen LogP) is 4.34. The molecule has 0 bridgehead atoms. The summed E-state index contributed by atoms with van der Waals surface area (Å²) >= 11 is 0. The smallest absolute Gasteiger partial charge is 0.123 e. The average molecular weight is 280 g/mol. The highest BCUT2D eigenvalue weighted by atomic mass is 19.1. The number of hydrogen-bond donors (Lipinski definition) is 1. The molecule has 0 saturated heterocycles. The van der Waals surface area contributed by atoms with Crippen molar-refractivity contribution in [3.63, 3.8) is 0 Å². The number of anilines is 1. The van der Waals surface area contributed by atoms with Gasteiger partial charge in [0.15, 0.2) is 0 Å². The summed E-state index contributed by atoms with van der Waals surface area (Å²) in [6.07, 6.45) is 4.74. The third-order valence-electron chi connectivity index (χ3n) is 3.51. The van der Waals surface area contributed by atoms with E-state index in [1.54, 1.807) is 12.1 Å². The lowest BCUT2D eigenvalue weighted by Crippen LogP contribution is -2.27. The summed E-state index contributed by atoms with van der Waals surface area (Å²) in [5.41, 5.74) is 2.26. The zero-order chi connectivity index (χ0) is 14.8. The molecule has 2 nitrogen and oxygen atoms in total. The fraction of sp³-hybridized carbons (Fsp3) is 0.647. The fourth-order valence-electron chi connectivity index (χ4n) is 2.31. The highest BCUT2D eigenvalue weighted by molar-refractivity contribution is 5.54. The Hall–Kier alpha value is -1.09. The van der Waals surface area contributed by atoms with Crippen LogP contribution in [0.15, 0.2) is 18.2 Å². The van der Waals surface area contributed by atoms with E-state index in [4.69, 9.17) is 0 Å². The lowest BCUT2D eigenvalue weighted by molar-refractivity contribution is 0.618. The molecule has 0 aliphatic rings. The molecule has 0 aliphatic heterocycles. The summed E-state index contributed by atoms with van der Waals surface area (Å²) in [6, 6.07) is 5.19. The minimum atomic E-state index is -0.146. The van der Waals surface area contributed by atoms with E-state index in [0.29, 0.717) is 0 Å². The van der Waals surface area contributed by atoms with Crippen LogP contribution in [0.3, 0.4) is 0 Å². The van der Waals surface area contributed by atoms with Crippen molar-refractivity contribution in [2.24, 2.45) is 0 Å². The lowest BCUT2D eigenvalue weighted by atomic mass is 10.1. The van der Waals surface area contributed by atoms with Gasteiger partial charge in [0.2, 0.25) is 0 Å². The average Bonchev–Trinajstić information content (AvgIpc) is 2.46. The summed E-state index contributed by atoms with van der Waals surface area (Å²) in [7, 11) is 0. The molecular weight excluding hydrogens is 251 g/mol. The molecule has 0 saturated carbocycles. The minimum Gasteiger partial charge on any atom is -0.371 e. The molecule has 0 spiro atoms. The first-order valence-electron chi connectivity index (χ1n) is 7.97. The van der Waals surface area contributed by atoms with Crippen molar-refractivity contribution in [1.82, 2.24) is 5.32 Å². The Morgan fingerprint density at radius 2 is 1.70 bits per heavy atom. The number of rotatable bonds is 10. The minimum absolute atomic E-state index is 0.146. The van der Waals surface area contributed by atoms with Crippen molar-refractivity contribution in [2.75, 3.05) is 24.5 Å². The van der Waals surface area contributed by atoms with E-state index in [1.165, 1.54) is 31.4 Å². The van der Waals surface area contributed by atoms with Gasteiger partial charge in [0, 0.05) is 25.3 Å². The number of halogens is 1. The van der Waals surface area contributed by atoms with E-state index >= 15 is 0 Å². The number of hydrogen-bond acceptors (Lipinski definition) is 2. The molecule has 0 fully saturated rings. The second-order valence-corrected chi connectivity index (χ2v) is 5.25. The van der Waals surface area contributed by atoms with Gasteiger partial charge < -0.3 is 10.2 Å². The molecule has 1 N–H and O–H groups in total. The predicted molar refractivity (Wildman–Crippen MR) is 85.8 cm³/mol. The maximum atomic E-state index is 13.5. The van der Waals surface area contributed by atoms with Gasteiger partial charge >= 0.3 is 0 Å². The molecule has 1 aromatic carbocycles. The van der Waals surface area contributed by atoms with Crippen LogP contribution in [-0.2, 0) is 6.54 Å². The summed E-state index contributed by atoms with van der Waals surface area (Å²) < 4.78 is 13.5. The highest BCUT2D eigenvalue weighted by Gasteiger charge is 2.11. The van der Waals surface area contributed by atoms with Gasteiger partial charge in [-0.15, -0.1) is 0 Å². The Balaban J connectivity index is 2.90. The van der Waals surface area contributed by atoms with Crippen molar-refractivity contribution < 1.29 is 4.39 Å². The normalized spacial score (nSPS) is 10.8. The van der Waals surface area contributed by atoms with Crippen LogP contribution in [0.25, 0.3) is 0 Å². The van der Waals surface area contributed by atoms with Gasteiger partial charge in [-0.3, -0.25) is 0 Å². The van der Waals surface area contributed by atoms with Crippen LogP contribution in [0, 0.1) is 5.82 Å². The molecule has 1 rings (SSSR count). The third-order valence-corrected chi connectivity index (χ3v) is 3.51. The molecule has 0 heterocycles. The molecule has 0 aliphatic carbocycles. The van der Waals surface area contributed by atoms with Gasteiger partial charge in [-0.25, -0.2) is 4.39 Å². The van der Waals surface area contributed by atoms with Crippen LogP contribution in [-0.4, -0.2) is 19.6 Å². The quantitative estimate of drug-likeness (QED) is 0.686. The lowest BCUT2D eigenvalue weighted by Gasteiger charge is -2.27. The van der Waals surface area contributed by atoms with Crippen molar-refractivity contribution in [2.45, 2.75) is 53.0 Å². The molecule has 3 heteroatoms.